The van der Waals surface area contributed by atoms with Crippen LogP contribution in [0, 0.1) is 5.92 Å². The van der Waals surface area contributed by atoms with E-state index in [0.717, 1.165) is 32.4 Å². The molecule has 0 aromatic rings. The third kappa shape index (κ3) is 1.82. The maximum absolute atomic E-state index is 12.0. The second kappa shape index (κ2) is 4.13. The summed E-state index contributed by atoms with van der Waals surface area (Å²) in [4.78, 5) is 13.9. The van der Waals surface area contributed by atoms with Gasteiger partial charge in [0.1, 0.15) is 0 Å². The van der Waals surface area contributed by atoms with E-state index in [1.54, 1.807) is 0 Å². The van der Waals surface area contributed by atoms with Crippen LogP contribution < -0.4 is 5.32 Å². The van der Waals surface area contributed by atoms with Crippen LogP contribution in [-0.4, -0.2) is 37.0 Å². The standard InChI is InChI=1S/C11H18N2O/c1-13(10-7-12-8-10)11(14)9-5-3-2-4-6-9/h2-3,9-10,12H,4-8H2,1H3. The van der Waals surface area contributed by atoms with Crippen LogP contribution in [0.15, 0.2) is 12.2 Å². The highest BCUT2D eigenvalue weighted by molar-refractivity contribution is 5.79. The smallest absolute Gasteiger partial charge is 0.226 e. The minimum absolute atomic E-state index is 0.241. The van der Waals surface area contributed by atoms with Crippen molar-refractivity contribution in [3.63, 3.8) is 0 Å². The molecule has 1 fully saturated rings. The van der Waals surface area contributed by atoms with Gasteiger partial charge in [0.25, 0.3) is 0 Å². The molecule has 1 amide bonds. The zero-order valence-corrected chi connectivity index (χ0v) is 8.70. The minimum atomic E-state index is 0.241. The largest absolute Gasteiger partial charge is 0.340 e. The average molecular weight is 194 g/mol. The Kier molecular flexibility index (Phi) is 2.87. The van der Waals surface area contributed by atoms with Crippen LogP contribution in [0.5, 0.6) is 0 Å². The van der Waals surface area contributed by atoms with Crippen LogP contribution in [0.4, 0.5) is 0 Å². The molecule has 1 aliphatic carbocycles. The zero-order chi connectivity index (χ0) is 9.97. The summed E-state index contributed by atoms with van der Waals surface area (Å²) in [6, 6.07) is 0.438. The van der Waals surface area contributed by atoms with E-state index in [1.165, 1.54) is 0 Å². The van der Waals surface area contributed by atoms with E-state index in [4.69, 9.17) is 0 Å². The average Bonchev–Trinajstić information content (AvgIpc) is 2.15. The van der Waals surface area contributed by atoms with Crippen LogP contribution in [-0.2, 0) is 4.79 Å². The first kappa shape index (κ1) is 9.71. The predicted octanol–water partition coefficient (Wildman–Crippen LogP) is 0.773. The monoisotopic (exact) mass is 194 g/mol. The molecule has 0 radical (unpaired) electrons. The number of nitrogens with zero attached hydrogens (tertiary/aromatic N) is 1. The summed E-state index contributed by atoms with van der Waals surface area (Å²) < 4.78 is 0. The van der Waals surface area contributed by atoms with Crippen LogP contribution in [0.1, 0.15) is 19.3 Å². The molecule has 1 aliphatic heterocycles. The lowest BCUT2D eigenvalue weighted by Gasteiger charge is -2.37. The molecule has 78 valence electrons. The molecule has 3 heteroatoms. The molecule has 1 N–H and O–H groups in total. The second-order valence-corrected chi connectivity index (χ2v) is 4.24. The summed E-state index contributed by atoms with van der Waals surface area (Å²) in [5, 5.41) is 3.19. The third-order valence-corrected chi connectivity index (χ3v) is 3.27. The maximum Gasteiger partial charge on any atom is 0.226 e. The molecule has 1 atom stereocenters. The Balaban J connectivity index is 1.89. The van der Waals surface area contributed by atoms with Gasteiger partial charge in [0.05, 0.1) is 6.04 Å². The Bertz CT molecular complexity index is 246. The Morgan fingerprint density at radius 1 is 1.43 bits per heavy atom. The van der Waals surface area contributed by atoms with Gasteiger partial charge in [-0.2, -0.15) is 0 Å². The SMILES string of the molecule is CN(C(=O)C1CC=CCC1)C1CNC1. The summed E-state index contributed by atoms with van der Waals surface area (Å²) in [7, 11) is 1.94. The topological polar surface area (TPSA) is 32.3 Å². The molecule has 1 heterocycles. The van der Waals surface area contributed by atoms with Gasteiger partial charge in [0.2, 0.25) is 5.91 Å². The first-order valence-electron chi connectivity index (χ1n) is 5.41. The van der Waals surface area contributed by atoms with Gasteiger partial charge in [0, 0.05) is 26.1 Å². The van der Waals surface area contributed by atoms with Gasteiger partial charge in [-0.25, -0.2) is 0 Å². The maximum atomic E-state index is 12.0. The zero-order valence-electron chi connectivity index (χ0n) is 8.70. The number of carbonyl (C=O) groups is 1. The molecule has 0 bridgehead atoms. The molecule has 0 aromatic carbocycles. The fourth-order valence-electron chi connectivity index (χ4n) is 2.03. The van der Waals surface area contributed by atoms with E-state index in [9.17, 15) is 4.79 Å². The minimum Gasteiger partial charge on any atom is -0.340 e. The highest BCUT2D eigenvalue weighted by Crippen LogP contribution is 2.21. The van der Waals surface area contributed by atoms with Crippen molar-refractivity contribution in [1.82, 2.24) is 10.2 Å². The molecular weight excluding hydrogens is 176 g/mol. The Hall–Kier alpha value is -0.830. The molecule has 0 spiro atoms. The molecule has 2 rings (SSSR count). The van der Waals surface area contributed by atoms with Gasteiger partial charge < -0.3 is 10.2 Å². The number of nitrogens with one attached hydrogen (secondary N) is 1. The number of carbonyl (C=O) groups excluding carboxylic acids is 1. The molecule has 1 saturated heterocycles. The first-order chi connectivity index (χ1) is 6.79. The van der Waals surface area contributed by atoms with Gasteiger partial charge in [-0.1, -0.05) is 12.2 Å². The van der Waals surface area contributed by atoms with E-state index < -0.39 is 0 Å². The van der Waals surface area contributed by atoms with E-state index in [2.05, 4.69) is 17.5 Å². The van der Waals surface area contributed by atoms with Gasteiger partial charge in [-0.15, -0.1) is 0 Å². The van der Waals surface area contributed by atoms with E-state index in [0.29, 0.717) is 11.9 Å². The van der Waals surface area contributed by atoms with Gasteiger partial charge in [-0.05, 0) is 19.3 Å². The number of likely N-dealkylation sites (N-methyl/N-ethyl adjacent to an activating group) is 1. The van der Waals surface area contributed by atoms with Crippen LogP contribution >= 0.6 is 0 Å². The van der Waals surface area contributed by atoms with Crippen molar-refractivity contribution in [2.45, 2.75) is 25.3 Å². The highest BCUT2D eigenvalue weighted by Gasteiger charge is 2.29. The summed E-state index contributed by atoms with van der Waals surface area (Å²) >= 11 is 0. The summed E-state index contributed by atoms with van der Waals surface area (Å²) in [6.45, 7) is 1.93. The van der Waals surface area contributed by atoms with Crippen LogP contribution in [0.3, 0.4) is 0 Å². The molecular formula is C11H18N2O. The lowest BCUT2D eigenvalue weighted by Crippen LogP contribution is -2.58. The second-order valence-electron chi connectivity index (χ2n) is 4.24. The summed E-state index contributed by atoms with van der Waals surface area (Å²) in [5.74, 6) is 0.575. The Morgan fingerprint density at radius 3 is 2.71 bits per heavy atom. The number of allylic oxidation sites excluding steroid dienone is 2. The number of hydrogen-bond acceptors (Lipinski definition) is 2. The summed E-state index contributed by atoms with van der Waals surface area (Å²) in [5.41, 5.74) is 0. The van der Waals surface area contributed by atoms with Crippen molar-refractivity contribution >= 4 is 5.91 Å². The number of hydrogen-bond donors (Lipinski definition) is 1. The molecule has 3 nitrogen and oxygen atoms in total. The van der Waals surface area contributed by atoms with Gasteiger partial charge >= 0.3 is 0 Å². The Morgan fingerprint density at radius 2 is 2.21 bits per heavy atom. The molecule has 1 unspecified atom stereocenters. The fraction of sp³-hybridized carbons (Fsp3) is 0.727. The molecule has 0 aromatic heterocycles. The Labute approximate surface area is 85.2 Å². The van der Waals surface area contributed by atoms with Crippen molar-refractivity contribution in [3.05, 3.63) is 12.2 Å². The van der Waals surface area contributed by atoms with Gasteiger partial charge in [-0.3, -0.25) is 4.79 Å². The normalized spacial score (nSPS) is 27.1. The van der Waals surface area contributed by atoms with Crippen LogP contribution in [0.25, 0.3) is 0 Å². The summed E-state index contributed by atoms with van der Waals surface area (Å²) in [6.07, 6.45) is 7.34. The van der Waals surface area contributed by atoms with Crippen molar-refractivity contribution in [1.29, 1.82) is 0 Å². The van der Waals surface area contributed by atoms with Gasteiger partial charge in [0.15, 0.2) is 0 Å². The third-order valence-electron chi connectivity index (χ3n) is 3.27. The molecule has 0 saturated carbocycles. The van der Waals surface area contributed by atoms with Crippen molar-refractivity contribution in [3.8, 4) is 0 Å². The van der Waals surface area contributed by atoms with E-state index in [1.807, 2.05) is 11.9 Å². The lowest BCUT2D eigenvalue weighted by atomic mass is 9.92. The fourth-order valence-corrected chi connectivity index (χ4v) is 2.03. The lowest BCUT2D eigenvalue weighted by molar-refractivity contribution is -0.137. The van der Waals surface area contributed by atoms with Crippen LogP contribution in [0.2, 0.25) is 0 Å². The molecule has 2 aliphatic rings. The number of amides is 1. The highest BCUT2D eigenvalue weighted by atomic mass is 16.2. The van der Waals surface area contributed by atoms with Crippen molar-refractivity contribution in [2.75, 3.05) is 20.1 Å². The van der Waals surface area contributed by atoms with E-state index in [-0.39, 0.29) is 5.92 Å². The van der Waals surface area contributed by atoms with E-state index >= 15 is 0 Å². The molecule has 14 heavy (non-hydrogen) atoms. The quantitative estimate of drug-likeness (QED) is 0.659. The predicted molar refractivity (Wildman–Crippen MR) is 55.9 cm³/mol. The first-order valence-corrected chi connectivity index (χ1v) is 5.41. The van der Waals surface area contributed by atoms with Crippen molar-refractivity contribution in [2.24, 2.45) is 5.92 Å². The van der Waals surface area contributed by atoms with Crippen molar-refractivity contribution < 1.29 is 4.79 Å². The number of rotatable bonds is 2.